The van der Waals surface area contributed by atoms with Crippen molar-refractivity contribution < 1.29 is 4.74 Å². The van der Waals surface area contributed by atoms with Crippen LogP contribution in [0.2, 0.25) is 0 Å². The Balaban J connectivity index is 0.00000110. The standard InChI is InChI=1S/C15H24N2OS.2ClH/c1-12-2-3-14(19-12)15(13-4-10-18-11-5-13)17-8-6-16-7-9-17;;/h2-3,13,15-16H,4-11H2,1H3;2*1H/t15-;;/m0../s1. The van der Waals surface area contributed by atoms with E-state index < -0.39 is 0 Å². The normalized spacial score (nSPS) is 22.1. The lowest BCUT2D eigenvalue weighted by atomic mass is 9.89. The molecule has 3 rings (SSSR count). The molecule has 2 aliphatic heterocycles. The van der Waals surface area contributed by atoms with Gasteiger partial charge in [0.2, 0.25) is 0 Å². The molecule has 1 aromatic heterocycles. The summed E-state index contributed by atoms with van der Waals surface area (Å²) >= 11 is 1.98. The number of nitrogens with zero attached hydrogens (tertiary/aromatic N) is 1. The summed E-state index contributed by atoms with van der Waals surface area (Å²) in [5, 5.41) is 3.47. The zero-order valence-electron chi connectivity index (χ0n) is 12.5. The third kappa shape index (κ3) is 4.81. The van der Waals surface area contributed by atoms with Crippen molar-refractivity contribution in [2.24, 2.45) is 5.92 Å². The topological polar surface area (TPSA) is 24.5 Å². The molecule has 0 radical (unpaired) electrons. The van der Waals surface area contributed by atoms with E-state index in [2.05, 4.69) is 29.3 Å². The van der Waals surface area contributed by atoms with Gasteiger partial charge in [-0.2, -0.15) is 0 Å². The summed E-state index contributed by atoms with van der Waals surface area (Å²) in [4.78, 5) is 5.69. The first-order valence-electron chi connectivity index (χ1n) is 7.43. The molecule has 0 saturated carbocycles. The van der Waals surface area contributed by atoms with Crippen molar-refractivity contribution in [1.82, 2.24) is 10.2 Å². The van der Waals surface area contributed by atoms with E-state index in [1.807, 2.05) is 11.3 Å². The second-order valence-electron chi connectivity index (χ2n) is 5.63. The second kappa shape index (κ2) is 9.33. The van der Waals surface area contributed by atoms with Crippen LogP contribution in [-0.2, 0) is 4.74 Å². The first kappa shape index (κ1) is 19.2. The molecule has 2 saturated heterocycles. The molecular formula is C15H26Cl2N2OS. The van der Waals surface area contributed by atoms with E-state index in [9.17, 15) is 0 Å². The summed E-state index contributed by atoms with van der Waals surface area (Å²) in [5.74, 6) is 0.768. The Hall–Kier alpha value is 0.160. The predicted octanol–water partition coefficient (Wildman–Crippen LogP) is 3.27. The Morgan fingerprint density at radius 3 is 2.43 bits per heavy atom. The molecule has 6 heteroatoms. The van der Waals surface area contributed by atoms with Crippen molar-refractivity contribution in [2.45, 2.75) is 25.8 Å². The first-order chi connectivity index (χ1) is 9.34. The van der Waals surface area contributed by atoms with Crippen LogP contribution in [0.3, 0.4) is 0 Å². The number of thiophene rings is 1. The highest BCUT2D eigenvalue weighted by Crippen LogP contribution is 2.38. The third-order valence-corrected chi connectivity index (χ3v) is 5.38. The molecule has 1 atom stereocenters. The molecule has 0 aromatic carbocycles. The SMILES string of the molecule is Cc1ccc([C@H](C2CCOCC2)N2CCNCC2)s1.Cl.Cl. The maximum absolute atomic E-state index is 5.55. The number of hydrogen-bond acceptors (Lipinski definition) is 4. The van der Waals surface area contributed by atoms with Gasteiger partial charge in [0.15, 0.2) is 0 Å². The smallest absolute Gasteiger partial charge is 0.0472 e. The molecule has 2 aliphatic rings. The van der Waals surface area contributed by atoms with Crippen LogP contribution < -0.4 is 5.32 Å². The highest BCUT2D eigenvalue weighted by Gasteiger charge is 2.31. The Morgan fingerprint density at radius 1 is 1.19 bits per heavy atom. The van der Waals surface area contributed by atoms with Gasteiger partial charge in [-0.1, -0.05) is 0 Å². The number of aryl methyl sites for hydroxylation is 1. The minimum atomic E-state index is 0. The Morgan fingerprint density at radius 2 is 1.86 bits per heavy atom. The number of nitrogens with one attached hydrogen (secondary N) is 1. The molecule has 0 spiro atoms. The van der Waals surface area contributed by atoms with Gasteiger partial charge in [-0.05, 0) is 37.8 Å². The van der Waals surface area contributed by atoms with Crippen LogP contribution in [0.25, 0.3) is 0 Å². The van der Waals surface area contributed by atoms with Gasteiger partial charge in [0.25, 0.3) is 0 Å². The van der Waals surface area contributed by atoms with Gasteiger partial charge >= 0.3 is 0 Å². The van der Waals surface area contributed by atoms with Crippen LogP contribution in [0.5, 0.6) is 0 Å². The van der Waals surface area contributed by atoms with Gasteiger partial charge in [-0.15, -0.1) is 36.2 Å². The van der Waals surface area contributed by atoms with E-state index in [4.69, 9.17) is 4.74 Å². The van der Waals surface area contributed by atoms with Crippen LogP contribution in [0.1, 0.15) is 28.6 Å². The fourth-order valence-corrected chi connectivity index (χ4v) is 4.42. The number of halogens is 2. The zero-order valence-corrected chi connectivity index (χ0v) is 15.0. The fraction of sp³-hybridized carbons (Fsp3) is 0.733. The molecule has 0 bridgehead atoms. The Labute approximate surface area is 144 Å². The lowest BCUT2D eigenvalue weighted by Gasteiger charge is -2.40. The fourth-order valence-electron chi connectivity index (χ4n) is 3.31. The van der Waals surface area contributed by atoms with E-state index in [1.54, 1.807) is 4.88 Å². The van der Waals surface area contributed by atoms with Crippen LogP contribution in [-0.4, -0.2) is 44.3 Å². The molecule has 1 N–H and O–H groups in total. The van der Waals surface area contributed by atoms with Crippen molar-refractivity contribution >= 4 is 36.2 Å². The molecule has 21 heavy (non-hydrogen) atoms. The highest BCUT2D eigenvalue weighted by molar-refractivity contribution is 7.12. The largest absolute Gasteiger partial charge is 0.381 e. The van der Waals surface area contributed by atoms with Crippen molar-refractivity contribution in [3.63, 3.8) is 0 Å². The number of piperazine rings is 1. The van der Waals surface area contributed by atoms with E-state index in [0.29, 0.717) is 6.04 Å². The van der Waals surface area contributed by atoms with E-state index in [0.717, 1.165) is 32.2 Å². The summed E-state index contributed by atoms with van der Waals surface area (Å²) in [6, 6.07) is 5.24. The molecule has 0 unspecified atom stereocenters. The lowest BCUT2D eigenvalue weighted by Crippen LogP contribution is -2.47. The molecular weight excluding hydrogens is 327 g/mol. The third-order valence-electron chi connectivity index (χ3n) is 4.31. The van der Waals surface area contributed by atoms with E-state index >= 15 is 0 Å². The minimum absolute atomic E-state index is 0. The summed E-state index contributed by atoms with van der Waals surface area (Å²) in [7, 11) is 0. The van der Waals surface area contributed by atoms with Gasteiger partial charge in [0.05, 0.1) is 0 Å². The van der Waals surface area contributed by atoms with Crippen molar-refractivity contribution in [3.05, 3.63) is 21.9 Å². The molecule has 0 amide bonds. The van der Waals surface area contributed by atoms with E-state index in [1.165, 1.54) is 30.8 Å². The molecule has 2 fully saturated rings. The maximum atomic E-state index is 5.55. The van der Waals surface area contributed by atoms with E-state index in [-0.39, 0.29) is 24.8 Å². The Kier molecular flexibility index (Phi) is 8.54. The zero-order chi connectivity index (χ0) is 13.1. The minimum Gasteiger partial charge on any atom is -0.381 e. The molecule has 3 heterocycles. The molecule has 1 aromatic rings. The van der Waals surface area contributed by atoms with Crippen LogP contribution in [0, 0.1) is 12.8 Å². The summed E-state index contributed by atoms with van der Waals surface area (Å²) in [5.41, 5.74) is 0. The van der Waals surface area contributed by atoms with Crippen molar-refractivity contribution in [3.8, 4) is 0 Å². The second-order valence-corrected chi connectivity index (χ2v) is 6.95. The van der Waals surface area contributed by atoms with Crippen LogP contribution in [0.15, 0.2) is 12.1 Å². The summed E-state index contributed by atoms with van der Waals surface area (Å²) < 4.78 is 5.55. The van der Waals surface area contributed by atoms with Crippen molar-refractivity contribution in [2.75, 3.05) is 39.4 Å². The van der Waals surface area contributed by atoms with Gasteiger partial charge in [-0.3, -0.25) is 4.90 Å². The van der Waals surface area contributed by atoms with Crippen LogP contribution in [0.4, 0.5) is 0 Å². The number of ether oxygens (including phenoxy) is 1. The van der Waals surface area contributed by atoms with Gasteiger partial charge in [0, 0.05) is 55.2 Å². The van der Waals surface area contributed by atoms with Crippen molar-refractivity contribution in [1.29, 1.82) is 0 Å². The molecule has 122 valence electrons. The summed E-state index contributed by atoms with van der Waals surface area (Å²) in [6.07, 6.45) is 2.43. The predicted molar refractivity (Wildman–Crippen MR) is 94.3 cm³/mol. The van der Waals surface area contributed by atoms with Gasteiger partial charge in [0.1, 0.15) is 0 Å². The average Bonchev–Trinajstić information content (AvgIpc) is 2.88. The van der Waals surface area contributed by atoms with Crippen LogP contribution >= 0.6 is 36.2 Å². The summed E-state index contributed by atoms with van der Waals surface area (Å²) in [6.45, 7) is 8.72. The van der Waals surface area contributed by atoms with Gasteiger partial charge in [-0.25, -0.2) is 0 Å². The monoisotopic (exact) mass is 352 g/mol. The number of hydrogen-bond donors (Lipinski definition) is 1. The maximum Gasteiger partial charge on any atom is 0.0472 e. The Bertz CT molecular complexity index is 386. The average molecular weight is 353 g/mol. The molecule has 3 nitrogen and oxygen atoms in total. The first-order valence-corrected chi connectivity index (χ1v) is 8.25. The lowest BCUT2D eigenvalue weighted by molar-refractivity contribution is 0.0223. The van der Waals surface area contributed by atoms with Gasteiger partial charge < -0.3 is 10.1 Å². The molecule has 0 aliphatic carbocycles. The quantitative estimate of drug-likeness (QED) is 0.903. The highest BCUT2D eigenvalue weighted by atomic mass is 35.5. The number of rotatable bonds is 3.